The SMILES string of the molecule is O=C1[C@H]2CCCN(C(=O)N[C@@]3(c4ccccc4)COCO3)[C@H]2C[C@H]2c3ccccc3CCN12. The minimum Gasteiger partial charge on any atom is -0.350 e. The number of nitrogens with one attached hydrogen (secondary N) is 1. The van der Waals surface area contributed by atoms with E-state index >= 15 is 0 Å². The molecular formula is C26H29N3O4. The Morgan fingerprint density at radius 1 is 1.06 bits per heavy atom. The summed E-state index contributed by atoms with van der Waals surface area (Å²) in [5.41, 5.74) is 2.40. The Morgan fingerprint density at radius 2 is 1.88 bits per heavy atom. The van der Waals surface area contributed by atoms with E-state index < -0.39 is 5.72 Å². The molecule has 0 aromatic heterocycles. The predicted molar refractivity (Wildman–Crippen MR) is 121 cm³/mol. The van der Waals surface area contributed by atoms with Gasteiger partial charge in [0.25, 0.3) is 0 Å². The van der Waals surface area contributed by atoms with Crippen molar-refractivity contribution in [1.82, 2.24) is 15.1 Å². The third-order valence-electron chi connectivity index (χ3n) is 7.76. The molecule has 3 saturated heterocycles. The molecule has 4 aliphatic rings. The van der Waals surface area contributed by atoms with Gasteiger partial charge in [0, 0.05) is 24.7 Å². The Morgan fingerprint density at radius 3 is 2.70 bits per heavy atom. The van der Waals surface area contributed by atoms with Crippen LogP contribution in [-0.2, 0) is 26.4 Å². The Bertz CT molecular complexity index is 1050. The molecule has 3 amide bonds. The Balaban J connectivity index is 1.28. The zero-order valence-electron chi connectivity index (χ0n) is 18.6. The van der Waals surface area contributed by atoms with Crippen molar-refractivity contribution >= 4 is 11.9 Å². The molecule has 4 atom stereocenters. The second kappa shape index (κ2) is 8.15. The van der Waals surface area contributed by atoms with Gasteiger partial charge in [-0.3, -0.25) is 4.79 Å². The molecule has 0 unspecified atom stereocenters. The molecule has 7 heteroatoms. The molecule has 2 aromatic rings. The maximum absolute atomic E-state index is 13.7. The minimum atomic E-state index is -1.01. The van der Waals surface area contributed by atoms with Crippen LogP contribution in [0.1, 0.15) is 42.0 Å². The lowest BCUT2D eigenvalue weighted by atomic mass is 9.76. The number of fused-ring (bicyclic) bond motifs is 4. The maximum atomic E-state index is 13.7. The standard InChI is InChI=1S/C26H29N3O4/c30-24-21-11-6-13-29(23(21)15-22-20-10-5-4-7-18(20)12-14-28(22)24)25(31)27-26(16-32-17-33-26)19-8-2-1-3-9-19/h1-5,7-10,21-23H,6,11-17H2,(H,27,31)/t21-,22-,23-,26-/m0/s1. The summed E-state index contributed by atoms with van der Waals surface area (Å²) in [5, 5.41) is 3.13. The van der Waals surface area contributed by atoms with Gasteiger partial charge in [0.1, 0.15) is 13.4 Å². The lowest BCUT2D eigenvalue weighted by molar-refractivity contribution is -0.148. The number of carbonyl (C=O) groups excluding carboxylic acids is 2. The molecule has 33 heavy (non-hydrogen) atoms. The number of nitrogens with zero attached hydrogens (tertiary/aromatic N) is 2. The lowest BCUT2D eigenvalue weighted by Gasteiger charge is -2.51. The van der Waals surface area contributed by atoms with E-state index in [1.165, 1.54) is 11.1 Å². The number of hydrogen-bond acceptors (Lipinski definition) is 4. The van der Waals surface area contributed by atoms with Crippen LogP contribution in [0.2, 0.25) is 0 Å². The van der Waals surface area contributed by atoms with E-state index in [0.29, 0.717) is 6.54 Å². The molecule has 1 N–H and O–H groups in total. The fourth-order valence-corrected chi connectivity index (χ4v) is 6.13. The van der Waals surface area contributed by atoms with Gasteiger partial charge in [-0.15, -0.1) is 0 Å². The number of benzene rings is 2. The molecular weight excluding hydrogens is 418 g/mol. The van der Waals surface area contributed by atoms with E-state index in [4.69, 9.17) is 9.47 Å². The number of ether oxygens (including phenoxy) is 2. The fraction of sp³-hybridized carbons (Fsp3) is 0.462. The molecule has 4 heterocycles. The van der Waals surface area contributed by atoms with Crippen LogP contribution in [0.25, 0.3) is 0 Å². The summed E-state index contributed by atoms with van der Waals surface area (Å²) in [6.45, 7) is 1.79. The zero-order chi connectivity index (χ0) is 22.4. The van der Waals surface area contributed by atoms with Crippen LogP contribution < -0.4 is 5.32 Å². The highest BCUT2D eigenvalue weighted by atomic mass is 16.7. The van der Waals surface area contributed by atoms with Crippen molar-refractivity contribution in [2.45, 2.75) is 43.5 Å². The molecule has 4 aliphatic heterocycles. The van der Waals surface area contributed by atoms with Crippen LogP contribution in [0.4, 0.5) is 4.79 Å². The van der Waals surface area contributed by atoms with Crippen LogP contribution in [0.15, 0.2) is 54.6 Å². The molecule has 172 valence electrons. The minimum absolute atomic E-state index is 0.0336. The topological polar surface area (TPSA) is 71.1 Å². The van der Waals surface area contributed by atoms with Crippen molar-refractivity contribution in [2.75, 3.05) is 26.5 Å². The highest BCUT2D eigenvalue weighted by molar-refractivity contribution is 5.84. The van der Waals surface area contributed by atoms with Crippen molar-refractivity contribution in [3.05, 3.63) is 71.3 Å². The van der Waals surface area contributed by atoms with E-state index in [9.17, 15) is 9.59 Å². The van der Waals surface area contributed by atoms with E-state index in [-0.39, 0.29) is 43.3 Å². The van der Waals surface area contributed by atoms with Crippen molar-refractivity contribution in [3.8, 4) is 0 Å². The van der Waals surface area contributed by atoms with Crippen molar-refractivity contribution in [3.63, 3.8) is 0 Å². The van der Waals surface area contributed by atoms with Gasteiger partial charge >= 0.3 is 6.03 Å². The molecule has 0 radical (unpaired) electrons. The largest absolute Gasteiger partial charge is 0.350 e. The molecule has 0 spiro atoms. The Hall–Kier alpha value is -2.90. The monoisotopic (exact) mass is 447 g/mol. The summed E-state index contributed by atoms with van der Waals surface area (Å²) < 4.78 is 11.4. The first-order chi connectivity index (χ1) is 16.2. The number of urea groups is 1. The van der Waals surface area contributed by atoms with Gasteiger partial charge in [-0.05, 0) is 36.8 Å². The highest BCUT2D eigenvalue weighted by Gasteiger charge is 2.50. The summed E-state index contributed by atoms with van der Waals surface area (Å²) in [5.74, 6) is 0.0564. The van der Waals surface area contributed by atoms with Gasteiger partial charge in [0.15, 0.2) is 5.72 Å². The third kappa shape index (κ3) is 3.42. The zero-order valence-corrected chi connectivity index (χ0v) is 18.6. The van der Waals surface area contributed by atoms with Crippen LogP contribution in [0.3, 0.4) is 0 Å². The maximum Gasteiger partial charge on any atom is 0.320 e. The van der Waals surface area contributed by atoms with Crippen molar-refractivity contribution < 1.29 is 19.1 Å². The number of carbonyl (C=O) groups is 2. The normalized spacial score (nSPS) is 30.9. The second-order valence-corrected chi connectivity index (χ2v) is 9.48. The van der Waals surface area contributed by atoms with Crippen LogP contribution in [-0.4, -0.2) is 54.3 Å². The first-order valence-corrected chi connectivity index (χ1v) is 11.9. The Labute approximate surface area is 193 Å². The number of piperidine rings is 2. The summed E-state index contributed by atoms with van der Waals surface area (Å²) in [4.78, 5) is 31.1. The fourth-order valence-electron chi connectivity index (χ4n) is 6.13. The molecule has 0 saturated carbocycles. The summed E-state index contributed by atoms with van der Waals surface area (Å²) >= 11 is 0. The predicted octanol–water partition coefficient (Wildman–Crippen LogP) is 3.16. The van der Waals surface area contributed by atoms with E-state index in [1.54, 1.807) is 0 Å². The molecule has 2 aromatic carbocycles. The molecule has 7 nitrogen and oxygen atoms in total. The summed E-state index contributed by atoms with van der Waals surface area (Å²) in [7, 11) is 0. The van der Waals surface area contributed by atoms with Crippen LogP contribution in [0, 0.1) is 5.92 Å². The third-order valence-corrected chi connectivity index (χ3v) is 7.76. The second-order valence-electron chi connectivity index (χ2n) is 9.48. The van der Waals surface area contributed by atoms with Gasteiger partial charge in [0.05, 0.1) is 12.0 Å². The summed E-state index contributed by atoms with van der Waals surface area (Å²) in [6, 6.07) is 17.8. The van der Waals surface area contributed by atoms with Gasteiger partial charge in [-0.1, -0.05) is 54.6 Å². The van der Waals surface area contributed by atoms with Gasteiger partial charge in [0.2, 0.25) is 5.91 Å². The van der Waals surface area contributed by atoms with Gasteiger partial charge in [-0.2, -0.15) is 0 Å². The Kier molecular flexibility index (Phi) is 5.11. The van der Waals surface area contributed by atoms with E-state index in [2.05, 4.69) is 28.4 Å². The van der Waals surface area contributed by atoms with Crippen LogP contribution >= 0.6 is 0 Å². The average Bonchev–Trinajstić information content (AvgIpc) is 3.34. The van der Waals surface area contributed by atoms with E-state index in [1.807, 2.05) is 41.3 Å². The number of amides is 3. The highest BCUT2D eigenvalue weighted by Crippen LogP contribution is 2.43. The van der Waals surface area contributed by atoms with Crippen molar-refractivity contribution in [2.24, 2.45) is 5.92 Å². The average molecular weight is 448 g/mol. The number of hydrogen-bond donors (Lipinski definition) is 1. The first-order valence-electron chi connectivity index (χ1n) is 11.9. The molecule has 6 rings (SSSR count). The van der Waals surface area contributed by atoms with E-state index in [0.717, 1.165) is 37.8 Å². The smallest absolute Gasteiger partial charge is 0.320 e. The van der Waals surface area contributed by atoms with Gasteiger partial charge in [-0.25, -0.2) is 4.79 Å². The number of likely N-dealkylation sites (tertiary alicyclic amines) is 1. The molecule has 0 aliphatic carbocycles. The molecule has 3 fully saturated rings. The van der Waals surface area contributed by atoms with Crippen molar-refractivity contribution in [1.29, 1.82) is 0 Å². The van der Waals surface area contributed by atoms with Gasteiger partial charge < -0.3 is 24.6 Å². The van der Waals surface area contributed by atoms with Crippen LogP contribution in [0.5, 0.6) is 0 Å². The number of rotatable bonds is 2. The molecule has 0 bridgehead atoms. The first kappa shape index (κ1) is 20.7. The summed E-state index contributed by atoms with van der Waals surface area (Å²) in [6.07, 6.45) is 3.33. The lowest BCUT2D eigenvalue weighted by Crippen LogP contribution is -2.63. The quantitative estimate of drug-likeness (QED) is 0.768.